The number of aromatic nitrogens is 5. The van der Waals surface area contributed by atoms with Gasteiger partial charge in [0.1, 0.15) is 5.65 Å². The van der Waals surface area contributed by atoms with Crippen LogP contribution in [0.15, 0.2) is 170 Å². The molecule has 262 valence electrons. The summed E-state index contributed by atoms with van der Waals surface area (Å²) in [5, 5.41) is 0. The Labute approximate surface area is 317 Å². The van der Waals surface area contributed by atoms with Gasteiger partial charge < -0.3 is 0 Å². The lowest BCUT2D eigenvalue weighted by Crippen LogP contribution is -2.03. The first-order chi connectivity index (χ1) is 26.5. The molecule has 0 fully saturated rings. The monoisotopic (exact) mass is 699 g/mol. The van der Waals surface area contributed by atoms with Gasteiger partial charge >= 0.3 is 0 Å². The molecule has 5 heteroatoms. The molecule has 0 aliphatic carbocycles. The molecule has 0 saturated carbocycles. The Balaban J connectivity index is 1.25. The smallest absolute Gasteiger partial charge is 0.164 e. The van der Waals surface area contributed by atoms with Gasteiger partial charge in [0.05, 0.1) is 11.4 Å². The largest absolute Gasteiger partial charge is 0.299 e. The maximum absolute atomic E-state index is 5.14. The zero-order valence-electron chi connectivity index (χ0n) is 31.0. The normalized spacial score (nSPS) is 11.9. The third-order valence-corrected chi connectivity index (χ3v) is 9.73. The van der Waals surface area contributed by atoms with Crippen LogP contribution in [-0.2, 0) is 0 Å². The molecule has 0 bridgehead atoms. The molecule has 0 atom stereocenters. The minimum absolute atomic E-state index is 0.287. The second kappa shape index (κ2) is 15.1. The fraction of sp³-hybridized carbons (Fsp3) is 0.102. The van der Waals surface area contributed by atoms with Gasteiger partial charge in [-0.15, -0.1) is 0 Å². The van der Waals surface area contributed by atoms with E-state index in [-0.39, 0.29) is 5.92 Å². The SMILES string of the molecule is C/C=C\C(=C/C)c1nc(-c2ccc(-c3ccccc3)cc2)nc(-c2cc(-c3cccc(-c4nc5ccccn5c4-c4ccccc4)c3)cc(C(C)C)c2)n1. The second-order valence-electron chi connectivity index (χ2n) is 13.7. The van der Waals surface area contributed by atoms with Crippen LogP contribution in [0.1, 0.15) is 45.0 Å². The van der Waals surface area contributed by atoms with Gasteiger partial charge in [0.15, 0.2) is 17.5 Å². The lowest BCUT2D eigenvalue weighted by molar-refractivity contribution is 0.867. The molecule has 54 heavy (non-hydrogen) atoms. The van der Waals surface area contributed by atoms with Crippen molar-refractivity contribution in [2.24, 2.45) is 0 Å². The van der Waals surface area contributed by atoms with Gasteiger partial charge in [-0.3, -0.25) is 4.40 Å². The minimum Gasteiger partial charge on any atom is -0.299 e. The van der Waals surface area contributed by atoms with E-state index in [4.69, 9.17) is 19.9 Å². The van der Waals surface area contributed by atoms with Crippen LogP contribution in [0.25, 0.3) is 78.8 Å². The predicted molar refractivity (Wildman–Crippen MR) is 224 cm³/mol. The molecular formula is C49H41N5. The van der Waals surface area contributed by atoms with Crippen molar-refractivity contribution in [3.05, 3.63) is 181 Å². The van der Waals surface area contributed by atoms with Crippen molar-refractivity contribution in [3.63, 3.8) is 0 Å². The number of allylic oxidation sites excluding steroid dienone is 4. The topological polar surface area (TPSA) is 56.0 Å². The number of pyridine rings is 1. The number of benzene rings is 5. The van der Waals surface area contributed by atoms with Gasteiger partial charge in [0.25, 0.3) is 0 Å². The number of fused-ring (bicyclic) bond motifs is 1. The molecule has 0 saturated heterocycles. The Morgan fingerprint density at radius 1 is 0.519 bits per heavy atom. The van der Waals surface area contributed by atoms with E-state index < -0.39 is 0 Å². The molecular weight excluding hydrogens is 659 g/mol. The molecule has 3 heterocycles. The molecule has 0 N–H and O–H groups in total. The molecule has 0 radical (unpaired) electrons. The van der Waals surface area contributed by atoms with Crippen molar-refractivity contribution >= 4 is 11.2 Å². The summed E-state index contributed by atoms with van der Waals surface area (Å²) in [4.78, 5) is 20.4. The molecule has 5 nitrogen and oxygen atoms in total. The lowest BCUT2D eigenvalue weighted by Gasteiger charge is -2.14. The van der Waals surface area contributed by atoms with E-state index >= 15 is 0 Å². The van der Waals surface area contributed by atoms with Crippen molar-refractivity contribution in [2.45, 2.75) is 33.6 Å². The van der Waals surface area contributed by atoms with E-state index in [0.29, 0.717) is 17.5 Å². The summed E-state index contributed by atoms with van der Waals surface area (Å²) >= 11 is 0. The highest BCUT2D eigenvalue weighted by molar-refractivity contribution is 5.85. The molecule has 0 aliphatic heterocycles. The second-order valence-corrected chi connectivity index (χ2v) is 13.7. The van der Waals surface area contributed by atoms with E-state index in [2.05, 4.69) is 152 Å². The van der Waals surface area contributed by atoms with Crippen LogP contribution >= 0.6 is 0 Å². The predicted octanol–water partition coefficient (Wildman–Crippen LogP) is 12.6. The highest BCUT2D eigenvalue weighted by Gasteiger charge is 2.18. The summed E-state index contributed by atoms with van der Waals surface area (Å²) < 4.78 is 2.17. The first-order valence-electron chi connectivity index (χ1n) is 18.5. The quantitative estimate of drug-likeness (QED) is 0.141. The highest BCUT2D eigenvalue weighted by Crippen LogP contribution is 2.37. The van der Waals surface area contributed by atoms with E-state index in [1.165, 1.54) is 11.1 Å². The molecule has 3 aromatic heterocycles. The van der Waals surface area contributed by atoms with Crippen LogP contribution in [0, 0.1) is 0 Å². The molecule has 0 spiro atoms. The van der Waals surface area contributed by atoms with Crippen LogP contribution in [0.3, 0.4) is 0 Å². The van der Waals surface area contributed by atoms with Crippen LogP contribution < -0.4 is 0 Å². The Bertz CT molecular complexity index is 2630. The number of hydrogen-bond acceptors (Lipinski definition) is 4. The summed E-state index contributed by atoms with van der Waals surface area (Å²) in [6.07, 6.45) is 8.20. The fourth-order valence-electron chi connectivity index (χ4n) is 6.88. The van der Waals surface area contributed by atoms with Crippen molar-refractivity contribution in [1.29, 1.82) is 0 Å². The summed E-state index contributed by atoms with van der Waals surface area (Å²) in [6, 6.07) is 50.9. The fourth-order valence-corrected chi connectivity index (χ4v) is 6.88. The van der Waals surface area contributed by atoms with Crippen LogP contribution in [0.2, 0.25) is 0 Å². The first-order valence-corrected chi connectivity index (χ1v) is 18.5. The first kappa shape index (κ1) is 34.4. The summed E-state index contributed by atoms with van der Waals surface area (Å²) in [5.74, 6) is 2.20. The number of hydrogen-bond donors (Lipinski definition) is 0. The summed E-state index contributed by atoms with van der Waals surface area (Å²) in [7, 11) is 0. The van der Waals surface area contributed by atoms with Gasteiger partial charge in [-0.25, -0.2) is 19.9 Å². The van der Waals surface area contributed by atoms with E-state index in [1.807, 2.05) is 50.3 Å². The molecule has 0 aliphatic rings. The maximum Gasteiger partial charge on any atom is 0.164 e. The number of nitrogens with zero attached hydrogens (tertiary/aromatic N) is 5. The molecule has 0 amide bonds. The third-order valence-electron chi connectivity index (χ3n) is 9.73. The standard InChI is InChI=1S/C49H41N5/c1-5-16-34(6-2)47-51-48(38-26-24-36(25-27-38)35-17-9-7-10-18-35)53-49(52-47)43-31-41(33(3)4)30-42(32-43)39-21-15-22-40(29-39)45-46(37-19-11-8-12-20-37)54-28-14-13-23-44(54)50-45/h5-33H,1-4H3/b16-5-,34-6+. The molecule has 8 aromatic rings. The Kier molecular flexibility index (Phi) is 9.61. The van der Waals surface area contributed by atoms with E-state index in [9.17, 15) is 0 Å². The van der Waals surface area contributed by atoms with Crippen molar-refractivity contribution < 1.29 is 0 Å². The van der Waals surface area contributed by atoms with Crippen molar-refractivity contribution in [3.8, 4) is 67.5 Å². The van der Waals surface area contributed by atoms with Gasteiger partial charge in [-0.05, 0) is 77.9 Å². The van der Waals surface area contributed by atoms with Gasteiger partial charge in [0, 0.05) is 34.0 Å². The maximum atomic E-state index is 5.14. The van der Waals surface area contributed by atoms with Gasteiger partial charge in [-0.1, -0.05) is 147 Å². The van der Waals surface area contributed by atoms with Gasteiger partial charge in [-0.2, -0.15) is 0 Å². The average Bonchev–Trinajstić information content (AvgIpc) is 3.63. The van der Waals surface area contributed by atoms with Crippen LogP contribution in [0.5, 0.6) is 0 Å². The highest BCUT2D eigenvalue weighted by atomic mass is 15.0. The Morgan fingerprint density at radius 3 is 1.81 bits per heavy atom. The summed E-state index contributed by atoms with van der Waals surface area (Å²) in [6.45, 7) is 8.48. The average molecular weight is 700 g/mol. The zero-order valence-corrected chi connectivity index (χ0v) is 31.0. The minimum atomic E-state index is 0.287. The number of imidazole rings is 1. The van der Waals surface area contributed by atoms with Crippen molar-refractivity contribution in [2.75, 3.05) is 0 Å². The van der Waals surface area contributed by atoms with Gasteiger partial charge in [0.2, 0.25) is 0 Å². The molecule has 0 unspecified atom stereocenters. The Hall–Kier alpha value is -6.72. The zero-order chi connectivity index (χ0) is 37.0. The van der Waals surface area contributed by atoms with E-state index in [1.54, 1.807) is 0 Å². The van der Waals surface area contributed by atoms with Crippen LogP contribution in [0.4, 0.5) is 0 Å². The number of rotatable bonds is 9. The Morgan fingerprint density at radius 2 is 1.11 bits per heavy atom. The lowest BCUT2D eigenvalue weighted by atomic mass is 9.93. The third kappa shape index (κ3) is 6.92. The van der Waals surface area contributed by atoms with Crippen molar-refractivity contribution in [1.82, 2.24) is 24.3 Å². The van der Waals surface area contributed by atoms with Crippen LogP contribution in [-0.4, -0.2) is 24.3 Å². The van der Waals surface area contributed by atoms with E-state index in [0.717, 1.165) is 61.6 Å². The molecule has 8 rings (SSSR count). The summed E-state index contributed by atoms with van der Waals surface area (Å²) in [5.41, 5.74) is 13.7. The molecule has 5 aromatic carbocycles.